The molecule has 106 valence electrons. The zero-order valence-electron chi connectivity index (χ0n) is 8.77. The number of anilines is 2. The van der Waals surface area contributed by atoms with E-state index in [0.29, 0.717) is 8.95 Å². The second kappa shape index (κ2) is 6.08. The predicted molar refractivity (Wildman–Crippen MR) is 85.3 cm³/mol. The molecule has 0 atom stereocenters. The summed E-state index contributed by atoms with van der Waals surface area (Å²) in [6.07, 6.45) is 0. The summed E-state index contributed by atoms with van der Waals surface area (Å²) in [4.78, 5) is 33.8. The molecule has 0 saturated carbocycles. The monoisotopic (exact) mass is 543 g/mol. The Morgan fingerprint density at radius 2 is 1.89 bits per heavy atom. The Morgan fingerprint density at radius 1 is 1.37 bits per heavy atom. The zero-order chi connectivity index (χ0) is 15.0. The van der Waals surface area contributed by atoms with Crippen LogP contribution in [0.5, 0.6) is 0 Å². The molecule has 1 rings (SSSR count). The third kappa shape index (κ3) is 3.99. The number of carbonyl (C=O) groups is 1. The highest BCUT2D eigenvalue weighted by atomic mass is 79.9. The molecule has 1 aromatic heterocycles. The fourth-order valence-electron chi connectivity index (χ4n) is 0.883. The lowest BCUT2D eigenvalue weighted by molar-refractivity contribution is -0.115. The second-order valence-corrected chi connectivity index (χ2v) is 11.4. The molecule has 19 heavy (non-hydrogen) atoms. The number of nitrogens with zero attached hydrogens (tertiary/aromatic N) is 1. The molecule has 1 aromatic rings. The van der Waals surface area contributed by atoms with Crippen molar-refractivity contribution in [1.29, 1.82) is 0 Å². The Bertz CT molecular complexity index is 576. The topological polar surface area (TPSA) is 126 Å². The van der Waals surface area contributed by atoms with Crippen molar-refractivity contribution in [3.63, 3.8) is 0 Å². The van der Waals surface area contributed by atoms with Crippen molar-refractivity contribution in [2.75, 3.05) is 11.1 Å². The number of pyridine rings is 1. The molecule has 5 N–H and O–H groups in total. The molecule has 0 fully saturated rings. The van der Waals surface area contributed by atoms with E-state index < -0.39 is 16.5 Å². The standard InChI is InChI=1S/C7H6Br4N3O4P/c8-2-1-3(9)5(13-4(2)12)14-6(15)7(10,11)19(16,17)18/h1H,(H2,16,17,18)(H3,12,13,14,15). The van der Waals surface area contributed by atoms with Gasteiger partial charge in [-0.15, -0.1) is 0 Å². The number of amides is 1. The van der Waals surface area contributed by atoms with Gasteiger partial charge >= 0.3 is 7.60 Å². The summed E-state index contributed by atoms with van der Waals surface area (Å²) in [5, 5.41) is 2.24. The summed E-state index contributed by atoms with van der Waals surface area (Å²) in [5.41, 5.74) is 5.55. The van der Waals surface area contributed by atoms with Crippen LogP contribution in [0.25, 0.3) is 0 Å². The summed E-state index contributed by atoms with van der Waals surface area (Å²) in [5.74, 6) is -0.873. The number of aromatic nitrogens is 1. The minimum absolute atomic E-state index is 0.0300. The number of nitrogens with one attached hydrogen (secondary N) is 1. The highest BCUT2D eigenvalue weighted by Crippen LogP contribution is 2.59. The van der Waals surface area contributed by atoms with Gasteiger partial charge in [0, 0.05) is 0 Å². The molecule has 0 radical (unpaired) electrons. The van der Waals surface area contributed by atoms with Crippen LogP contribution in [0.1, 0.15) is 0 Å². The summed E-state index contributed by atoms with van der Waals surface area (Å²) < 4.78 is 9.83. The fourth-order valence-corrected chi connectivity index (χ4v) is 2.44. The first-order valence-corrected chi connectivity index (χ1v) is 9.11. The van der Waals surface area contributed by atoms with Crippen molar-refractivity contribution in [2.45, 2.75) is 2.97 Å². The van der Waals surface area contributed by atoms with Gasteiger partial charge in [0.2, 0.25) is 0 Å². The number of halogens is 4. The molecule has 7 nitrogen and oxygen atoms in total. The minimum Gasteiger partial charge on any atom is -0.383 e. The third-order valence-electron chi connectivity index (χ3n) is 1.83. The largest absolute Gasteiger partial charge is 0.383 e. The summed E-state index contributed by atoms with van der Waals surface area (Å²) in [6.45, 7) is 0. The lowest BCUT2D eigenvalue weighted by Crippen LogP contribution is -2.31. The van der Waals surface area contributed by atoms with Crippen LogP contribution in [-0.4, -0.2) is 23.7 Å². The fraction of sp³-hybridized carbons (Fsp3) is 0.143. The maximum atomic E-state index is 11.8. The van der Waals surface area contributed by atoms with Crippen LogP contribution in [0, 0.1) is 0 Å². The van der Waals surface area contributed by atoms with E-state index >= 15 is 0 Å². The SMILES string of the molecule is Nc1nc(NC(=O)C(Br)(Br)P(=O)(O)O)c(Br)cc1Br. The van der Waals surface area contributed by atoms with Crippen LogP contribution in [0.3, 0.4) is 0 Å². The molecule has 1 amide bonds. The van der Waals surface area contributed by atoms with Crippen LogP contribution in [0.4, 0.5) is 11.6 Å². The van der Waals surface area contributed by atoms with Crippen LogP contribution >= 0.6 is 71.3 Å². The average molecular weight is 547 g/mol. The van der Waals surface area contributed by atoms with Gasteiger partial charge in [-0.1, -0.05) is 0 Å². The lowest BCUT2D eigenvalue weighted by atomic mass is 10.4. The van der Waals surface area contributed by atoms with Gasteiger partial charge in [-0.05, 0) is 69.8 Å². The Kier molecular flexibility index (Phi) is 5.62. The molecule has 0 aliphatic rings. The number of hydrogen-bond acceptors (Lipinski definition) is 4. The molecule has 0 bridgehead atoms. The third-order valence-corrected chi connectivity index (χ3v) is 7.49. The van der Waals surface area contributed by atoms with Crippen LogP contribution in [-0.2, 0) is 9.36 Å². The smallest absolute Gasteiger partial charge is 0.362 e. The number of nitrogen functional groups attached to an aromatic ring is 1. The first-order valence-electron chi connectivity index (χ1n) is 4.33. The molecule has 0 saturated heterocycles. The molecular formula is C7H6Br4N3O4P. The van der Waals surface area contributed by atoms with E-state index in [2.05, 4.69) is 74.0 Å². The van der Waals surface area contributed by atoms with E-state index in [1.807, 2.05) is 0 Å². The Hall–Kier alpha value is 0.490. The Morgan fingerprint density at radius 3 is 2.37 bits per heavy atom. The Labute approximate surface area is 141 Å². The quantitative estimate of drug-likeness (QED) is 0.341. The van der Waals surface area contributed by atoms with E-state index in [9.17, 15) is 9.36 Å². The van der Waals surface area contributed by atoms with Crippen molar-refractivity contribution in [1.82, 2.24) is 4.98 Å². The summed E-state index contributed by atoms with van der Waals surface area (Å²) in [7, 11) is -4.76. The molecule has 12 heteroatoms. The normalized spacial score (nSPS) is 12.3. The summed E-state index contributed by atoms with van der Waals surface area (Å²) in [6, 6.07) is 1.54. The van der Waals surface area contributed by atoms with Crippen molar-refractivity contribution >= 4 is 88.9 Å². The second-order valence-electron chi connectivity index (χ2n) is 3.23. The van der Waals surface area contributed by atoms with Crippen molar-refractivity contribution in [3.05, 3.63) is 15.0 Å². The van der Waals surface area contributed by atoms with Gasteiger partial charge in [0.15, 0.2) is 0 Å². The van der Waals surface area contributed by atoms with Gasteiger partial charge in [0.25, 0.3) is 8.88 Å². The average Bonchev–Trinajstić information content (AvgIpc) is 2.24. The molecule has 1 heterocycles. The van der Waals surface area contributed by atoms with E-state index in [-0.39, 0.29) is 11.6 Å². The first kappa shape index (κ1) is 17.5. The lowest BCUT2D eigenvalue weighted by Gasteiger charge is -2.20. The predicted octanol–water partition coefficient (Wildman–Crippen LogP) is 2.75. The molecule has 0 unspecified atom stereocenters. The Balaban J connectivity index is 3.08. The van der Waals surface area contributed by atoms with E-state index in [0.717, 1.165) is 0 Å². The zero-order valence-corrected chi connectivity index (χ0v) is 16.0. The highest BCUT2D eigenvalue weighted by molar-refractivity contribution is 9.27. The maximum absolute atomic E-state index is 11.8. The molecule has 0 spiro atoms. The number of hydrogen-bond donors (Lipinski definition) is 4. The van der Waals surface area contributed by atoms with Gasteiger partial charge in [-0.2, -0.15) is 0 Å². The highest BCUT2D eigenvalue weighted by Gasteiger charge is 2.49. The van der Waals surface area contributed by atoms with Crippen LogP contribution in [0.15, 0.2) is 15.0 Å². The van der Waals surface area contributed by atoms with Gasteiger partial charge < -0.3 is 20.8 Å². The van der Waals surface area contributed by atoms with Crippen LogP contribution in [0.2, 0.25) is 0 Å². The van der Waals surface area contributed by atoms with Crippen molar-refractivity contribution in [2.24, 2.45) is 0 Å². The number of nitrogens with two attached hydrogens (primary N) is 1. The van der Waals surface area contributed by atoms with E-state index in [1.165, 1.54) is 0 Å². The van der Waals surface area contributed by atoms with E-state index in [1.54, 1.807) is 6.07 Å². The molecule has 0 aromatic carbocycles. The van der Waals surface area contributed by atoms with Gasteiger partial charge in [-0.3, -0.25) is 9.36 Å². The maximum Gasteiger partial charge on any atom is 0.362 e. The number of rotatable bonds is 3. The van der Waals surface area contributed by atoms with Gasteiger partial charge in [-0.25, -0.2) is 4.98 Å². The van der Waals surface area contributed by atoms with Gasteiger partial charge in [0.1, 0.15) is 11.6 Å². The number of alkyl halides is 2. The van der Waals surface area contributed by atoms with Crippen LogP contribution < -0.4 is 11.1 Å². The summed E-state index contributed by atoms with van der Waals surface area (Å²) >= 11 is 11.6. The molecular weight excluding hydrogens is 541 g/mol. The van der Waals surface area contributed by atoms with Crippen molar-refractivity contribution in [3.8, 4) is 0 Å². The molecule has 0 aliphatic heterocycles. The van der Waals surface area contributed by atoms with Crippen molar-refractivity contribution < 1.29 is 19.1 Å². The molecule has 0 aliphatic carbocycles. The minimum atomic E-state index is -4.76. The first-order chi connectivity index (χ1) is 8.46. The number of carbonyl (C=O) groups excluding carboxylic acids is 1. The van der Waals surface area contributed by atoms with Gasteiger partial charge in [0.05, 0.1) is 8.95 Å². The van der Waals surface area contributed by atoms with E-state index in [4.69, 9.17) is 15.5 Å².